The summed E-state index contributed by atoms with van der Waals surface area (Å²) < 4.78 is 33.0. The highest BCUT2D eigenvalue weighted by Gasteiger charge is 2.49. The van der Waals surface area contributed by atoms with Crippen LogP contribution in [-0.4, -0.2) is 47.7 Å². The smallest absolute Gasteiger partial charge is 0.323 e. The molecule has 2 atom stereocenters. The second-order valence-corrected chi connectivity index (χ2v) is 6.29. The van der Waals surface area contributed by atoms with Crippen molar-refractivity contribution >= 4 is 11.9 Å². The Hall–Kier alpha value is -2.02. The average Bonchev–Trinajstić information content (AvgIpc) is 3.33. The third kappa shape index (κ3) is 3.40. The number of amides is 1. The Balaban J connectivity index is 1.75. The maximum atomic E-state index is 13.9. The highest BCUT2D eigenvalue weighted by Crippen LogP contribution is 2.50. The first-order valence-corrected chi connectivity index (χ1v) is 8.03. The van der Waals surface area contributed by atoms with E-state index < -0.39 is 36.0 Å². The van der Waals surface area contributed by atoms with Gasteiger partial charge >= 0.3 is 5.97 Å². The summed E-state index contributed by atoms with van der Waals surface area (Å²) in [4.78, 5) is 25.2. The monoisotopic (exact) mass is 339 g/mol. The number of nitrogens with zero attached hydrogens (tertiary/aromatic N) is 1. The van der Waals surface area contributed by atoms with Crippen LogP contribution in [-0.2, 0) is 14.3 Å². The van der Waals surface area contributed by atoms with Crippen LogP contribution < -0.4 is 0 Å². The summed E-state index contributed by atoms with van der Waals surface area (Å²) in [6.45, 7) is 0.556. The lowest BCUT2D eigenvalue weighted by atomic mass is 10.0. The Kier molecular flexibility index (Phi) is 4.80. The predicted octanol–water partition coefficient (Wildman–Crippen LogP) is 2.16. The first kappa shape index (κ1) is 16.8. The molecule has 1 N–H and O–H groups in total. The van der Waals surface area contributed by atoms with Gasteiger partial charge in [-0.25, -0.2) is 8.78 Å². The number of halogens is 2. The normalized spacial score (nSPS) is 23.8. The molecule has 3 rings (SSSR count). The number of ether oxygens (including phenoxy) is 1. The van der Waals surface area contributed by atoms with Gasteiger partial charge in [0.05, 0.1) is 0 Å². The first-order valence-electron chi connectivity index (χ1n) is 8.03. The first-order chi connectivity index (χ1) is 11.5. The number of hydrogen-bond donors (Lipinski definition) is 1. The largest absolute Gasteiger partial charge is 0.480 e. The molecule has 1 aromatic carbocycles. The number of benzene rings is 1. The minimum Gasteiger partial charge on any atom is -0.480 e. The number of carboxylic acids is 1. The van der Waals surface area contributed by atoms with Crippen molar-refractivity contribution in [2.75, 3.05) is 19.8 Å². The molecule has 0 unspecified atom stereocenters. The number of carbonyl (C=O) groups excluding carboxylic acids is 1. The maximum absolute atomic E-state index is 13.9. The SMILES string of the molecule is O=C(O)CN(C(=O)[C@@H]1C[C@@H]1c1c(F)cccc1F)C1CCOCC1. The molecule has 1 aliphatic heterocycles. The van der Waals surface area contributed by atoms with Crippen molar-refractivity contribution in [2.45, 2.75) is 31.2 Å². The minimum atomic E-state index is -1.09. The quantitative estimate of drug-likeness (QED) is 0.893. The van der Waals surface area contributed by atoms with Crippen LogP contribution in [0.2, 0.25) is 0 Å². The fourth-order valence-corrected chi connectivity index (χ4v) is 3.39. The molecule has 24 heavy (non-hydrogen) atoms. The van der Waals surface area contributed by atoms with E-state index in [1.165, 1.54) is 23.1 Å². The number of rotatable bonds is 5. The maximum Gasteiger partial charge on any atom is 0.323 e. The van der Waals surface area contributed by atoms with E-state index in [4.69, 9.17) is 9.84 Å². The van der Waals surface area contributed by atoms with Gasteiger partial charge < -0.3 is 14.7 Å². The summed E-state index contributed by atoms with van der Waals surface area (Å²) in [6.07, 6.45) is 1.49. The standard InChI is InChI=1S/C17H19F2NO4/c18-13-2-1-3-14(19)16(13)11-8-12(11)17(23)20(9-15(21)22)10-4-6-24-7-5-10/h1-3,10-12H,4-9H2,(H,21,22)/t11-,12+/m0/s1. The van der Waals surface area contributed by atoms with Gasteiger partial charge in [-0.1, -0.05) is 6.07 Å². The fourth-order valence-electron chi connectivity index (χ4n) is 3.39. The molecule has 2 aliphatic rings. The minimum absolute atomic E-state index is 0.0712. The van der Waals surface area contributed by atoms with Gasteiger partial charge in [0.2, 0.25) is 5.91 Å². The zero-order valence-corrected chi connectivity index (χ0v) is 13.1. The molecule has 1 saturated heterocycles. The second kappa shape index (κ2) is 6.84. The van der Waals surface area contributed by atoms with Crippen LogP contribution in [0.1, 0.15) is 30.7 Å². The van der Waals surface area contributed by atoms with Crippen LogP contribution in [0.15, 0.2) is 18.2 Å². The summed E-state index contributed by atoms with van der Waals surface area (Å²) in [7, 11) is 0. The van der Waals surface area contributed by atoms with E-state index in [-0.39, 0.29) is 17.5 Å². The number of aliphatic carboxylic acids is 1. The van der Waals surface area contributed by atoms with Crippen molar-refractivity contribution < 1.29 is 28.2 Å². The molecule has 0 spiro atoms. The summed E-state index contributed by atoms with van der Waals surface area (Å²) in [5, 5.41) is 9.09. The molecule has 1 aliphatic carbocycles. The van der Waals surface area contributed by atoms with Crippen molar-refractivity contribution in [3.05, 3.63) is 35.4 Å². The van der Waals surface area contributed by atoms with Crippen LogP contribution in [0.5, 0.6) is 0 Å². The van der Waals surface area contributed by atoms with E-state index in [2.05, 4.69) is 0 Å². The lowest BCUT2D eigenvalue weighted by Gasteiger charge is -2.33. The van der Waals surface area contributed by atoms with Gasteiger partial charge in [0.15, 0.2) is 0 Å². The van der Waals surface area contributed by atoms with Gasteiger partial charge in [0, 0.05) is 36.7 Å². The van der Waals surface area contributed by atoms with Crippen molar-refractivity contribution in [1.29, 1.82) is 0 Å². The molecule has 7 heteroatoms. The average molecular weight is 339 g/mol. The third-order valence-corrected chi connectivity index (χ3v) is 4.70. The van der Waals surface area contributed by atoms with E-state index in [1.807, 2.05) is 0 Å². The van der Waals surface area contributed by atoms with Gasteiger partial charge in [-0.05, 0) is 31.4 Å². The molecule has 1 aromatic rings. The van der Waals surface area contributed by atoms with Gasteiger partial charge in [0.1, 0.15) is 18.2 Å². The highest BCUT2D eigenvalue weighted by molar-refractivity contribution is 5.86. The Labute approximate surface area is 138 Å². The predicted molar refractivity (Wildman–Crippen MR) is 80.4 cm³/mol. The third-order valence-electron chi connectivity index (χ3n) is 4.70. The van der Waals surface area contributed by atoms with Gasteiger partial charge in [0.25, 0.3) is 0 Å². The van der Waals surface area contributed by atoms with E-state index in [9.17, 15) is 18.4 Å². The summed E-state index contributed by atoms with van der Waals surface area (Å²) in [5.41, 5.74) is -0.0712. The Morgan fingerprint density at radius 1 is 1.21 bits per heavy atom. The molecule has 2 fully saturated rings. The topological polar surface area (TPSA) is 66.8 Å². The van der Waals surface area contributed by atoms with Gasteiger partial charge in [-0.15, -0.1) is 0 Å². The lowest BCUT2D eigenvalue weighted by molar-refractivity contribution is -0.148. The van der Waals surface area contributed by atoms with Crippen LogP contribution in [0.3, 0.4) is 0 Å². The van der Waals surface area contributed by atoms with Crippen LogP contribution in [0, 0.1) is 17.6 Å². The van der Waals surface area contributed by atoms with Crippen molar-refractivity contribution in [3.63, 3.8) is 0 Å². The lowest BCUT2D eigenvalue weighted by Crippen LogP contribution is -2.46. The Morgan fingerprint density at radius 2 is 1.83 bits per heavy atom. The molecule has 0 aromatic heterocycles. The summed E-state index contributed by atoms with van der Waals surface area (Å²) in [6, 6.07) is 3.43. The van der Waals surface area contributed by atoms with E-state index in [1.54, 1.807) is 0 Å². The highest BCUT2D eigenvalue weighted by atomic mass is 19.1. The molecule has 1 heterocycles. The molecule has 0 bridgehead atoms. The van der Waals surface area contributed by atoms with Crippen molar-refractivity contribution in [2.24, 2.45) is 5.92 Å². The Bertz CT molecular complexity index is 625. The van der Waals surface area contributed by atoms with E-state index >= 15 is 0 Å². The number of carbonyl (C=O) groups is 2. The van der Waals surface area contributed by atoms with Crippen LogP contribution in [0.4, 0.5) is 8.78 Å². The van der Waals surface area contributed by atoms with Gasteiger partial charge in [-0.3, -0.25) is 9.59 Å². The number of carboxylic acid groups (broad SMARTS) is 1. The molecule has 130 valence electrons. The zero-order chi connectivity index (χ0) is 17.3. The molecular weight excluding hydrogens is 320 g/mol. The van der Waals surface area contributed by atoms with E-state index in [0.29, 0.717) is 32.5 Å². The van der Waals surface area contributed by atoms with Crippen LogP contribution in [0.25, 0.3) is 0 Å². The zero-order valence-electron chi connectivity index (χ0n) is 13.1. The summed E-state index contributed by atoms with van der Waals surface area (Å²) in [5.74, 6) is -3.83. The molecule has 1 amide bonds. The molecule has 0 radical (unpaired) electrons. The second-order valence-electron chi connectivity index (χ2n) is 6.29. The summed E-state index contributed by atoms with van der Waals surface area (Å²) >= 11 is 0. The van der Waals surface area contributed by atoms with Gasteiger partial charge in [-0.2, -0.15) is 0 Å². The number of hydrogen-bond acceptors (Lipinski definition) is 3. The van der Waals surface area contributed by atoms with E-state index in [0.717, 1.165) is 0 Å². The molecule has 1 saturated carbocycles. The van der Waals surface area contributed by atoms with Crippen molar-refractivity contribution in [1.82, 2.24) is 4.90 Å². The molecule has 5 nitrogen and oxygen atoms in total. The fraction of sp³-hybridized carbons (Fsp3) is 0.529. The van der Waals surface area contributed by atoms with Crippen molar-refractivity contribution in [3.8, 4) is 0 Å². The molecular formula is C17H19F2NO4. The Morgan fingerprint density at radius 3 is 2.42 bits per heavy atom. The van der Waals surface area contributed by atoms with Crippen LogP contribution >= 0.6 is 0 Å².